The number of aromatic nitrogens is 2. The second-order valence-electron chi connectivity index (χ2n) is 6.35. The van der Waals surface area contributed by atoms with Gasteiger partial charge in [0.25, 0.3) is 0 Å². The summed E-state index contributed by atoms with van der Waals surface area (Å²) < 4.78 is 10.9. The highest BCUT2D eigenvalue weighted by Crippen LogP contribution is 2.40. The van der Waals surface area contributed by atoms with Crippen LogP contribution in [0.3, 0.4) is 0 Å². The Morgan fingerprint density at radius 3 is 2.90 bits per heavy atom. The molecule has 0 aromatic carbocycles. The number of ether oxygens (including phenoxy) is 1. The normalized spacial score (nSPS) is 29.2. The smallest absolute Gasteiger partial charge is 0.229 e. The summed E-state index contributed by atoms with van der Waals surface area (Å²) in [5.74, 6) is 2.07. The summed E-state index contributed by atoms with van der Waals surface area (Å²) in [5, 5.41) is 4.11. The lowest BCUT2D eigenvalue weighted by atomic mass is 10.1. The minimum Gasteiger partial charge on any atom is -0.378 e. The quantitative estimate of drug-likeness (QED) is 0.850. The lowest BCUT2D eigenvalue weighted by Crippen LogP contribution is -2.33. The van der Waals surface area contributed by atoms with Crippen molar-refractivity contribution in [1.29, 1.82) is 0 Å². The molecule has 1 saturated carbocycles. The van der Waals surface area contributed by atoms with Crippen molar-refractivity contribution in [2.45, 2.75) is 63.0 Å². The van der Waals surface area contributed by atoms with Crippen LogP contribution in [0, 0.1) is 0 Å². The van der Waals surface area contributed by atoms with Gasteiger partial charge in [0.15, 0.2) is 5.82 Å². The van der Waals surface area contributed by atoms with Gasteiger partial charge in [-0.3, -0.25) is 4.79 Å². The molecule has 1 aromatic rings. The molecule has 0 unspecified atom stereocenters. The van der Waals surface area contributed by atoms with E-state index in [-0.39, 0.29) is 18.1 Å². The first-order valence-electron chi connectivity index (χ1n) is 8.06. The third-order valence-electron chi connectivity index (χ3n) is 4.68. The largest absolute Gasteiger partial charge is 0.378 e. The van der Waals surface area contributed by atoms with Crippen LogP contribution < -0.4 is 0 Å². The predicted molar refractivity (Wildman–Crippen MR) is 73.6 cm³/mol. The highest BCUT2D eigenvalue weighted by Gasteiger charge is 2.36. The molecule has 2 atom stereocenters. The molecule has 2 saturated heterocycles. The summed E-state index contributed by atoms with van der Waals surface area (Å²) in [6.07, 6.45) is 6.89. The van der Waals surface area contributed by atoms with Crippen LogP contribution in [0.5, 0.6) is 0 Å². The molecule has 3 fully saturated rings. The predicted octanol–water partition coefficient (Wildman–Crippen LogP) is 2.18. The molecule has 0 radical (unpaired) electrons. The Labute approximate surface area is 123 Å². The van der Waals surface area contributed by atoms with Crippen LogP contribution in [0.1, 0.15) is 68.6 Å². The molecular formula is C15H21N3O3. The molecular weight excluding hydrogens is 270 g/mol. The maximum absolute atomic E-state index is 12.5. The fourth-order valence-corrected chi connectivity index (χ4v) is 3.33. The first kappa shape index (κ1) is 13.2. The summed E-state index contributed by atoms with van der Waals surface area (Å²) in [6, 6.07) is -0.00449. The fourth-order valence-electron chi connectivity index (χ4n) is 3.33. The Balaban J connectivity index is 1.44. The Kier molecular flexibility index (Phi) is 3.41. The first-order valence-corrected chi connectivity index (χ1v) is 8.06. The number of hydrogen-bond acceptors (Lipinski definition) is 5. The highest BCUT2D eigenvalue weighted by atomic mass is 16.5. The van der Waals surface area contributed by atoms with Gasteiger partial charge in [-0.1, -0.05) is 5.16 Å². The zero-order valence-electron chi connectivity index (χ0n) is 12.2. The molecule has 114 valence electrons. The standard InChI is InChI=1S/C15H21N3O3/c19-13(9-11-3-2-8-20-11)18-7-1-4-12(18)14-16-15(21-17-14)10-5-6-10/h10-12H,1-9H2/t11-,12+/m0/s1. The molecule has 3 heterocycles. The van der Waals surface area contributed by atoms with Crippen LogP contribution in [0.2, 0.25) is 0 Å². The summed E-state index contributed by atoms with van der Waals surface area (Å²) in [5.41, 5.74) is 0. The van der Waals surface area contributed by atoms with Crippen LogP contribution >= 0.6 is 0 Å². The molecule has 1 amide bonds. The van der Waals surface area contributed by atoms with Gasteiger partial charge >= 0.3 is 0 Å². The van der Waals surface area contributed by atoms with Crippen molar-refractivity contribution in [3.8, 4) is 0 Å². The zero-order valence-corrected chi connectivity index (χ0v) is 12.2. The van der Waals surface area contributed by atoms with Crippen molar-refractivity contribution >= 4 is 5.91 Å². The monoisotopic (exact) mass is 291 g/mol. The SMILES string of the molecule is O=C(C[C@@H]1CCCO1)N1CCC[C@@H]1c1noc(C2CC2)n1. The average molecular weight is 291 g/mol. The number of rotatable bonds is 4. The zero-order chi connectivity index (χ0) is 14.2. The van der Waals surface area contributed by atoms with Crippen LogP contribution in [0.4, 0.5) is 0 Å². The molecule has 0 bridgehead atoms. The second-order valence-corrected chi connectivity index (χ2v) is 6.35. The van der Waals surface area contributed by atoms with Gasteiger partial charge < -0.3 is 14.2 Å². The summed E-state index contributed by atoms with van der Waals surface area (Å²) in [6.45, 7) is 1.58. The van der Waals surface area contributed by atoms with Gasteiger partial charge in [-0.2, -0.15) is 4.98 Å². The van der Waals surface area contributed by atoms with Crippen LogP contribution in [0.15, 0.2) is 4.52 Å². The van der Waals surface area contributed by atoms with Crippen LogP contribution in [-0.2, 0) is 9.53 Å². The van der Waals surface area contributed by atoms with Gasteiger partial charge in [0.2, 0.25) is 11.8 Å². The van der Waals surface area contributed by atoms with Gasteiger partial charge in [0.05, 0.1) is 18.6 Å². The molecule has 6 nitrogen and oxygen atoms in total. The number of carbonyl (C=O) groups is 1. The molecule has 4 rings (SSSR count). The average Bonchev–Trinajstić information content (AvgIpc) is 2.94. The van der Waals surface area contributed by atoms with E-state index in [0.29, 0.717) is 18.2 Å². The van der Waals surface area contributed by atoms with E-state index >= 15 is 0 Å². The summed E-state index contributed by atoms with van der Waals surface area (Å²) in [7, 11) is 0. The summed E-state index contributed by atoms with van der Waals surface area (Å²) >= 11 is 0. The fraction of sp³-hybridized carbons (Fsp3) is 0.800. The van der Waals surface area contributed by atoms with Gasteiger partial charge in [0, 0.05) is 19.1 Å². The van der Waals surface area contributed by atoms with E-state index in [0.717, 1.165) is 57.6 Å². The Bertz CT molecular complexity index is 520. The second kappa shape index (κ2) is 5.40. The maximum atomic E-state index is 12.5. The molecule has 2 aliphatic heterocycles. The van der Waals surface area contributed by atoms with Gasteiger partial charge in [-0.05, 0) is 38.5 Å². The van der Waals surface area contributed by atoms with E-state index in [1.807, 2.05) is 4.90 Å². The molecule has 3 aliphatic rings. The van der Waals surface area contributed by atoms with E-state index in [2.05, 4.69) is 10.1 Å². The van der Waals surface area contributed by atoms with E-state index in [1.165, 1.54) is 0 Å². The lowest BCUT2D eigenvalue weighted by molar-refractivity contribution is -0.134. The number of carbonyl (C=O) groups excluding carboxylic acids is 1. The lowest BCUT2D eigenvalue weighted by Gasteiger charge is -2.23. The Hall–Kier alpha value is -1.43. The minimum atomic E-state index is -0.00449. The van der Waals surface area contributed by atoms with E-state index in [9.17, 15) is 4.79 Å². The van der Waals surface area contributed by atoms with Crippen molar-refractivity contribution in [1.82, 2.24) is 15.0 Å². The van der Waals surface area contributed by atoms with E-state index in [4.69, 9.17) is 9.26 Å². The van der Waals surface area contributed by atoms with E-state index < -0.39 is 0 Å². The van der Waals surface area contributed by atoms with Crippen molar-refractivity contribution in [3.05, 3.63) is 11.7 Å². The van der Waals surface area contributed by atoms with Crippen molar-refractivity contribution in [2.75, 3.05) is 13.2 Å². The van der Waals surface area contributed by atoms with Gasteiger partial charge in [0.1, 0.15) is 0 Å². The number of hydrogen-bond donors (Lipinski definition) is 0. The van der Waals surface area contributed by atoms with Crippen molar-refractivity contribution in [3.63, 3.8) is 0 Å². The number of nitrogens with zero attached hydrogens (tertiary/aromatic N) is 3. The topological polar surface area (TPSA) is 68.5 Å². The third-order valence-corrected chi connectivity index (χ3v) is 4.68. The summed E-state index contributed by atoms with van der Waals surface area (Å²) in [4.78, 5) is 18.9. The first-order chi connectivity index (χ1) is 10.3. The Morgan fingerprint density at radius 1 is 1.24 bits per heavy atom. The minimum absolute atomic E-state index is 0.00449. The van der Waals surface area contributed by atoms with Crippen LogP contribution in [-0.4, -0.2) is 40.2 Å². The molecule has 1 aliphatic carbocycles. The van der Waals surface area contributed by atoms with Gasteiger partial charge in [-0.25, -0.2) is 0 Å². The molecule has 21 heavy (non-hydrogen) atoms. The molecule has 1 aromatic heterocycles. The van der Waals surface area contributed by atoms with E-state index in [1.54, 1.807) is 0 Å². The molecule has 0 spiro atoms. The van der Waals surface area contributed by atoms with Crippen molar-refractivity contribution in [2.24, 2.45) is 0 Å². The third kappa shape index (κ3) is 2.69. The van der Waals surface area contributed by atoms with Crippen molar-refractivity contribution < 1.29 is 14.1 Å². The Morgan fingerprint density at radius 2 is 2.14 bits per heavy atom. The highest BCUT2D eigenvalue weighted by molar-refractivity contribution is 5.77. The maximum Gasteiger partial charge on any atom is 0.229 e. The molecule has 6 heteroatoms. The van der Waals surface area contributed by atoms with Gasteiger partial charge in [-0.15, -0.1) is 0 Å². The van der Waals surface area contributed by atoms with Crippen LogP contribution in [0.25, 0.3) is 0 Å². The molecule has 0 N–H and O–H groups in total. The number of likely N-dealkylation sites (tertiary alicyclic amines) is 1. The number of amides is 1.